The summed E-state index contributed by atoms with van der Waals surface area (Å²) in [5.41, 5.74) is 1.79. The van der Waals surface area contributed by atoms with Crippen molar-refractivity contribution in [3.8, 4) is 6.01 Å². The van der Waals surface area contributed by atoms with Gasteiger partial charge in [0.15, 0.2) is 0 Å². The lowest BCUT2D eigenvalue weighted by Gasteiger charge is -2.25. The van der Waals surface area contributed by atoms with E-state index in [-0.39, 0.29) is 6.10 Å². The van der Waals surface area contributed by atoms with Gasteiger partial charge in [-0.2, -0.15) is 9.97 Å². The predicted octanol–water partition coefficient (Wildman–Crippen LogP) is 1.63. The minimum Gasteiger partial charge on any atom is -0.455 e. The highest BCUT2D eigenvalue weighted by molar-refractivity contribution is 9.10. The molecule has 0 bridgehead atoms. The van der Waals surface area contributed by atoms with Gasteiger partial charge in [-0.05, 0) is 29.8 Å². The van der Waals surface area contributed by atoms with Crippen LogP contribution in [0.3, 0.4) is 0 Å². The summed E-state index contributed by atoms with van der Waals surface area (Å²) in [6.07, 6.45) is 0.120. The Labute approximate surface area is 90.8 Å². The number of aryl methyl sites for hydroxylation is 2. The van der Waals surface area contributed by atoms with E-state index < -0.39 is 0 Å². The Balaban J connectivity index is 2.17. The third kappa shape index (κ3) is 1.88. The smallest absolute Gasteiger partial charge is 0.317 e. The third-order valence-corrected chi connectivity index (χ3v) is 3.19. The summed E-state index contributed by atoms with van der Waals surface area (Å²) in [5.74, 6) is 0. The molecule has 0 amide bonds. The second-order valence-corrected chi connectivity index (χ2v) is 4.06. The summed E-state index contributed by atoms with van der Waals surface area (Å²) in [5, 5.41) is 0. The van der Waals surface area contributed by atoms with Crippen molar-refractivity contribution in [3.63, 3.8) is 0 Å². The molecule has 5 heteroatoms. The highest BCUT2D eigenvalue weighted by Crippen LogP contribution is 2.21. The van der Waals surface area contributed by atoms with Gasteiger partial charge in [-0.3, -0.25) is 0 Å². The molecular formula is C9H11BrN2O2. The first-order chi connectivity index (χ1) is 6.66. The summed E-state index contributed by atoms with van der Waals surface area (Å²) in [6.45, 7) is 5.11. The Hall–Kier alpha value is -0.680. The van der Waals surface area contributed by atoms with E-state index in [1.165, 1.54) is 0 Å². The van der Waals surface area contributed by atoms with Crippen LogP contribution in [0.2, 0.25) is 0 Å². The van der Waals surface area contributed by atoms with Crippen molar-refractivity contribution in [2.75, 3.05) is 13.2 Å². The molecule has 1 fully saturated rings. The van der Waals surface area contributed by atoms with Gasteiger partial charge in [0.1, 0.15) is 6.10 Å². The van der Waals surface area contributed by atoms with Gasteiger partial charge in [0.2, 0.25) is 0 Å². The van der Waals surface area contributed by atoms with Gasteiger partial charge in [-0.1, -0.05) is 0 Å². The van der Waals surface area contributed by atoms with Gasteiger partial charge in [-0.15, -0.1) is 0 Å². The molecule has 1 aromatic rings. The van der Waals surface area contributed by atoms with Crippen molar-refractivity contribution in [3.05, 3.63) is 15.9 Å². The van der Waals surface area contributed by atoms with Crippen LogP contribution in [0.5, 0.6) is 6.01 Å². The zero-order valence-corrected chi connectivity index (χ0v) is 9.67. The van der Waals surface area contributed by atoms with Crippen molar-refractivity contribution >= 4 is 15.9 Å². The van der Waals surface area contributed by atoms with Crippen LogP contribution in [-0.4, -0.2) is 29.3 Å². The number of hydrogen-bond acceptors (Lipinski definition) is 4. The normalized spacial score (nSPS) is 16.5. The number of ether oxygens (including phenoxy) is 2. The van der Waals surface area contributed by atoms with Gasteiger partial charge >= 0.3 is 6.01 Å². The molecule has 0 radical (unpaired) electrons. The van der Waals surface area contributed by atoms with Gasteiger partial charge < -0.3 is 9.47 Å². The second-order valence-electron chi connectivity index (χ2n) is 3.27. The molecular weight excluding hydrogens is 248 g/mol. The van der Waals surface area contributed by atoms with E-state index in [1.807, 2.05) is 13.8 Å². The zero-order chi connectivity index (χ0) is 10.1. The Bertz CT molecular complexity index is 330. The van der Waals surface area contributed by atoms with Crippen molar-refractivity contribution < 1.29 is 9.47 Å². The van der Waals surface area contributed by atoms with E-state index >= 15 is 0 Å². The monoisotopic (exact) mass is 258 g/mol. The Morgan fingerprint density at radius 3 is 2.29 bits per heavy atom. The quantitative estimate of drug-likeness (QED) is 0.809. The topological polar surface area (TPSA) is 44.2 Å². The standard InChI is InChI=1S/C9H11BrN2O2/c1-5-8(10)6(2)12-9(11-5)14-7-3-13-4-7/h7H,3-4H2,1-2H3. The molecule has 0 atom stereocenters. The lowest BCUT2D eigenvalue weighted by Crippen LogP contribution is -2.39. The van der Waals surface area contributed by atoms with E-state index in [1.54, 1.807) is 0 Å². The molecule has 14 heavy (non-hydrogen) atoms. The maximum Gasteiger partial charge on any atom is 0.317 e. The van der Waals surface area contributed by atoms with Crippen LogP contribution >= 0.6 is 15.9 Å². The van der Waals surface area contributed by atoms with E-state index in [9.17, 15) is 0 Å². The van der Waals surface area contributed by atoms with Crippen molar-refractivity contribution in [2.24, 2.45) is 0 Å². The first-order valence-corrected chi connectivity index (χ1v) is 5.21. The molecule has 1 aliphatic rings. The average molecular weight is 259 g/mol. The van der Waals surface area contributed by atoms with Gasteiger partial charge in [0.25, 0.3) is 0 Å². The summed E-state index contributed by atoms with van der Waals surface area (Å²) >= 11 is 3.41. The largest absolute Gasteiger partial charge is 0.455 e. The molecule has 1 aromatic heterocycles. The summed E-state index contributed by atoms with van der Waals surface area (Å²) in [4.78, 5) is 8.44. The molecule has 1 aliphatic heterocycles. The van der Waals surface area contributed by atoms with E-state index in [0.717, 1.165) is 15.9 Å². The first-order valence-electron chi connectivity index (χ1n) is 4.42. The minimum absolute atomic E-state index is 0.120. The molecule has 0 aliphatic carbocycles. The highest BCUT2D eigenvalue weighted by Gasteiger charge is 2.21. The molecule has 0 saturated carbocycles. The maximum absolute atomic E-state index is 5.50. The first kappa shape index (κ1) is 9.86. The molecule has 2 rings (SSSR count). The van der Waals surface area contributed by atoms with Crippen LogP contribution < -0.4 is 4.74 Å². The van der Waals surface area contributed by atoms with Crippen LogP contribution in [0, 0.1) is 13.8 Å². The van der Waals surface area contributed by atoms with Gasteiger partial charge in [-0.25, -0.2) is 0 Å². The number of halogens is 1. The number of aromatic nitrogens is 2. The Morgan fingerprint density at radius 2 is 1.86 bits per heavy atom. The van der Waals surface area contributed by atoms with Crippen LogP contribution in [0.15, 0.2) is 4.47 Å². The fourth-order valence-electron chi connectivity index (χ4n) is 1.16. The molecule has 4 nitrogen and oxygen atoms in total. The second kappa shape index (κ2) is 3.82. The number of hydrogen-bond donors (Lipinski definition) is 0. The summed E-state index contributed by atoms with van der Waals surface area (Å²) < 4.78 is 11.4. The number of nitrogens with zero attached hydrogens (tertiary/aromatic N) is 2. The van der Waals surface area contributed by atoms with E-state index in [4.69, 9.17) is 9.47 Å². The summed E-state index contributed by atoms with van der Waals surface area (Å²) in [7, 11) is 0. The fourth-order valence-corrected chi connectivity index (χ4v) is 1.33. The molecule has 0 spiro atoms. The summed E-state index contributed by atoms with van der Waals surface area (Å²) in [6, 6.07) is 0.441. The fraction of sp³-hybridized carbons (Fsp3) is 0.556. The Kier molecular flexibility index (Phi) is 2.69. The SMILES string of the molecule is Cc1nc(OC2COC2)nc(C)c1Br. The lowest BCUT2D eigenvalue weighted by molar-refractivity contribution is -0.0832. The van der Waals surface area contributed by atoms with Crippen LogP contribution in [0.1, 0.15) is 11.4 Å². The van der Waals surface area contributed by atoms with Crippen LogP contribution in [0.25, 0.3) is 0 Å². The molecule has 0 N–H and O–H groups in total. The average Bonchev–Trinajstić information content (AvgIpc) is 2.07. The zero-order valence-electron chi connectivity index (χ0n) is 8.08. The minimum atomic E-state index is 0.120. The molecule has 1 saturated heterocycles. The Morgan fingerprint density at radius 1 is 1.29 bits per heavy atom. The lowest BCUT2D eigenvalue weighted by atomic mass is 10.3. The van der Waals surface area contributed by atoms with Crippen LogP contribution in [0.4, 0.5) is 0 Å². The number of rotatable bonds is 2. The van der Waals surface area contributed by atoms with Crippen molar-refractivity contribution in [1.29, 1.82) is 0 Å². The van der Waals surface area contributed by atoms with Crippen molar-refractivity contribution in [1.82, 2.24) is 9.97 Å². The van der Waals surface area contributed by atoms with Gasteiger partial charge in [0, 0.05) is 0 Å². The molecule has 0 unspecified atom stereocenters. The van der Waals surface area contributed by atoms with Crippen molar-refractivity contribution in [2.45, 2.75) is 20.0 Å². The third-order valence-electron chi connectivity index (χ3n) is 2.04. The predicted molar refractivity (Wildman–Crippen MR) is 54.4 cm³/mol. The van der Waals surface area contributed by atoms with Gasteiger partial charge in [0.05, 0.1) is 29.1 Å². The maximum atomic E-state index is 5.50. The molecule has 0 aromatic carbocycles. The highest BCUT2D eigenvalue weighted by atomic mass is 79.9. The molecule has 76 valence electrons. The van der Waals surface area contributed by atoms with E-state index in [0.29, 0.717) is 19.2 Å². The molecule has 2 heterocycles. The van der Waals surface area contributed by atoms with Crippen LogP contribution in [-0.2, 0) is 4.74 Å². The van der Waals surface area contributed by atoms with E-state index in [2.05, 4.69) is 25.9 Å².